The van der Waals surface area contributed by atoms with Crippen LogP contribution in [-0.2, 0) is 0 Å². The average Bonchev–Trinajstić information content (AvgIpc) is 3.87. The van der Waals surface area contributed by atoms with Crippen LogP contribution in [0.4, 0.5) is 11.9 Å². The molecule has 2 aromatic carbocycles. The second-order valence-corrected chi connectivity index (χ2v) is 16.1. The topological polar surface area (TPSA) is 205 Å². The van der Waals surface area contributed by atoms with E-state index in [9.17, 15) is 0 Å². The molecule has 0 bridgehead atoms. The minimum absolute atomic E-state index is 0.0682. The molecule has 10 rings (SSSR count). The molecule has 55 heavy (non-hydrogen) atoms. The van der Waals surface area contributed by atoms with Crippen LogP contribution in [0.2, 0.25) is 0 Å². The number of nitrogens with zero attached hydrogens (tertiary/aromatic N) is 12. The van der Waals surface area contributed by atoms with Crippen LogP contribution in [0, 0.1) is 5.92 Å². The number of aromatic amines is 2. The van der Waals surface area contributed by atoms with Crippen LogP contribution in [-0.4, -0.2) is 111 Å². The highest BCUT2D eigenvalue weighted by atomic mass is 32.1. The predicted octanol–water partition coefficient (Wildman–Crippen LogP) is 5.35. The maximum Gasteiger partial charge on any atom is 0.245 e. The van der Waals surface area contributed by atoms with E-state index in [1.807, 2.05) is 24.1 Å². The highest BCUT2D eigenvalue weighted by Crippen LogP contribution is 2.47. The molecule has 16 nitrogen and oxygen atoms in total. The molecule has 2 unspecified atom stereocenters. The third-order valence-corrected chi connectivity index (χ3v) is 12.5. The molecule has 6 aromatic heterocycles. The van der Waals surface area contributed by atoms with E-state index in [0.717, 1.165) is 83.9 Å². The van der Waals surface area contributed by atoms with Gasteiger partial charge in [0.2, 0.25) is 11.9 Å². The summed E-state index contributed by atoms with van der Waals surface area (Å²) in [5, 5.41) is 37.0. The highest BCUT2D eigenvalue weighted by Gasteiger charge is 2.29. The molecule has 1 saturated heterocycles. The molecule has 1 aliphatic carbocycles. The number of thiazole rings is 2. The molecule has 1 saturated carbocycles. The van der Waals surface area contributed by atoms with Crippen molar-refractivity contribution in [3.63, 3.8) is 0 Å². The summed E-state index contributed by atoms with van der Waals surface area (Å²) in [6.45, 7) is 2.36. The summed E-state index contributed by atoms with van der Waals surface area (Å²) in [5.41, 5.74) is 17.4. The van der Waals surface area contributed by atoms with Gasteiger partial charge in [-0.25, -0.2) is 19.9 Å². The van der Waals surface area contributed by atoms with Gasteiger partial charge >= 0.3 is 0 Å². The summed E-state index contributed by atoms with van der Waals surface area (Å²) in [6, 6.07) is 6.77. The number of nitrogens with two attached hydrogens (primary N) is 1. The summed E-state index contributed by atoms with van der Waals surface area (Å²) in [7, 11) is 4.22. The van der Waals surface area contributed by atoms with Crippen LogP contribution in [0.3, 0.4) is 0 Å². The number of aromatic nitrogens is 12. The van der Waals surface area contributed by atoms with Gasteiger partial charge in [-0.05, 0) is 45.3 Å². The van der Waals surface area contributed by atoms with Crippen LogP contribution in [0.25, 0.3) is 75.8 Å². The summed E-state index contributed by atoms with van der Waals surface area (Å²) < 4.78 is 1.89. The van der Waals surface area contributed by atoms with Crippen LogP contribution in [0.15, 0.2) is 60.9 Å². The van der Waals surface area contributed by atoms with Crippen molar-refractivity contribution < 1.29 is 0 Å². The Balaban J connectivity index is 1.11. The zero-order chi connectivity index (χ0) is 37.0. The molecule has 2 atom stereocenters. The van der Waals surface area contributed by atoms with E-state index in [4.69, 9.17) is 30.9 Å². The SMILES string of the molecule is CN(C)C1CCN(c2ncc(-c3ccc(-c4cn[nH]c4)c4nc(-c5cc(-c6cn[nH]c6)c6ncsc6c5-c5cnc(NCC(N)C6CC6)nn5)sc34)nn2)C1. The third-order valence-electron chi connectivity index (χ3n) is 10.5. The second-order valence-electron chi connectivity index (χ2n) is 14.3. The number of fused-ring (bicyclic) bond motifs is 2. The number of hydrogen-bond donors (Lipinski definition) is 4. The molecular formula is C37H36N16S2. The number of H-pyrrole nitrogens is 2. The summed E-state index contributed by atoms with van der Waals surface area (Å²) in [4.78, 5) is 24.1. The molecule has 276 valence electrons. The van der Waals surface area contributed by atoms with Gasteiger partial charge in [0.25, 0.3) is 0 Å². The molecule has 1 aliphatic heterocycles. The zero-order valence-corrected chi connectivity index (χ0v) is 31.6. The van der Waals surface area contributed by atoms with Gasteiger partial charge in [0.1, 0.15) is 16.4 Å². The van der Waals surface area contributed by atoms with Gasteiger partial charge in [-0.15, -0.1) is 43.1 Å². The van der Waals surface area contributed by atoms with Gasteiger partial charge < -0.3 is 20.9 Å². The first kappa shape index (κ1) is 33.7. The minimum Gasteiger partial charge on any atom is -0.351 e. The minimum atomic E-state index is 0.0682. The lowest BCUT2D eigenvalue weighted by Gasteiger charge is -2.20. The van der Waals surface area contributed by atoms with Crippen molar-refractivity contribution in [3.8, 4) is 55.3 Å². The Morgan fingerprint density at radius 1 is 0.855 bits per heavy atom. The van der Waals surface area contributed by atoms with Gasteiger partial charge in [0, 0.05) is 83.1 Å². The first-order valence-corrected chi connectivity index (χ1v) is 19.8. The van der Waals surface area contributed by atoms with E-state index in [1.54, 1.807) is 41.3 Å². The Hall–Kier alpha value is -5.82. The van der Waals surface area contributed by atoms with Crippen molar-refractivity contribution in [2.45, 2.75) is 31.3 Å². The number of hydrogen-bond acceptors (Lipinski definition) is 16. The van der Waals surface area contributed by atoms with E-state index in [2.05, 4.69) is 83.0 Å². The number of rotatable bonds is 11. The number of nitrogens with one attached hydrogen (secondary N) is 3. The van der Waals surface area contributed by atoms with Gasteiger partial charge in [0.15, 0.2) is 0 Å². The van der Waals surface area contributed by atoms with Crippen LogP contribution in [0.1, 0.15) is 19.3 Å². The van der Waals surface area contributed by atoms with E-state index in [0.29, 0.717) is 41.8 Å². The van der Waals surface area contributed by atoms with E-state index in [-0.39, 0.29) is 6.04 Å². The Kier molecular flexibility index (Phi) is 8.46. The molecule has 18 heteroatoms. The van der Waals surface area contributed by atoms with E-state index >= 15 is 0 Å². The van der Waals surface area contributed by atoms with Crippen molar-refractivity contribution in [3.05, 3.63) is 60.9 Å². The molecule has 5 N–H and O–H groups in total. The Bertz CT molecular complexity index is 2590. The fourth-order valence-electron chi connectivity index (χ4n) is 7.27. The predicted molar refractivity (Wildman–Crippen MR) is 215 cm³/mol. The van der Waals surface area contributed by atoms with Crippen molar-refractivity contribution >= 4 is 55.0 Å². The second kappa shape index (κ2) is 13.8. The van der Waals surface area contributed by atoms with E-state index < -0.39 is 0 Å². The normalized spacial score (nSPS) is 16.5. The van der Waals surface area contributed by atoms with Crippen molar-refractivity contribution in [1.29, 1.82) is 0 Å². The summed E-state index contributed by atoms with van der Waals surface area (Å²) in [5.74, 6) is 1.64. The van der Waals surface area contributed by atoms with Crippen LogP contribution >= 0.6 is 22.7 Å². The molecule has 7 heterocycles. The summed E-state index contributed by atoms with van der Waals surface area (Å²) in [6.07, 6.45) is 14.3. The molecule has 8 aromatic rings. The van der Waals surface area contributed by atoms with Gasteiger partial charge in [0.05, 0.1) is 50.7 Å². The molecule has 2 fully saturated rings. The van der Waals surface area contributed by atoms with Gasteiger partial charge in [-0.3, -0.25) is 10.2 Å². The van der Waals surface area contributed by atoms with Crippen molar-refractivity contribution in [2.75, 3.05) is 43.9 Å². The zero-order valence-electron chi connectivity index (χ0n) is 30.0. The molecule has 0 amide bonds. The van der Waals surface area contributed by atoms with Gasteiger partial charge in [-0.2, -0.15) is 10.2 Å². The Morgan fingerprint density at radius 2 is 1.64 bits per heavy atom. The lowest BCUT2D eigenvalue weighted by atomic mass is 9.98. The maximum atomic E-state index is 6.33. The Morgan fingerprint density at radius 3 is 2.33 bits per heavy atom. The largest absolute Gasteiger partial charge is 0.351 e. The maximum absolute atomic E-state index is 6.33. The fraction of sp³-hybridized carbons (Fsp3) is 0.297. The molecule has 2 aliphatic rings. The van der Waals surface area contributed by atoms with Crippen LogP contribution < -0.4 is 16.0 Å². The van der Waals surface area contributed by atoms with Crippen molar-refractivity contribution in [2.24, 2.45) is 11.7 Å². The third kappa shape index (κ3) is 6.25. The fourth-order valence-corrected chi connectivity index (χ4v) is 9.28. The monoisotopic (exact) mass is 768 g/mol. The quantitative estimate of drug-likeness (QED) is 0.131. The lowest BCUT2D eigenvalue weighted by Crippen LogP contribution is -2.32. The van der Waals surface area contributed by atoms with Crippen molar-refractivity contribution in [1.82, 2.24) is 65.6 Å². The van der Waals surface area contributed by atoms with Gasteiger partial charge in [-0.1, -0.05) is 12.1 Å². The Labute approximate surface area is 322 Å². The summed E-state index contributed by atoms with van der Waals surface area (Å²) >= 11 is 3.12. The first-order chi connectivity index (χ1) is 27.0. The van der Waals surface area contributed by atoms with E-state index in [1.165, 1.54) is 12.8 Å². The number of likely N-dealkylation sites (N-methyl/N-ethyl adjacent to an activating group) is 1. The molecule has 0 spiro atoms. The van der Waals surface area contributed by atoms with Crippen LogP contribution in [0.5, 0.6) is 0 Å². The lowest BCUT2D eigenvalue weighted by molar-refractivity contribution is 0.315. The molecule has 0 radical (unpaired) electrons. The standard InChI is InChI=1S/C37H36N16S2/c1-52(2)22-7-8-53(17-22)37-41-15-28(48-51-37)24-6-5-23(20-10-43-44-11-20)32-33(24)55-35(47-32)26-9-25(21-12-45-46-13-21)31-34(54-18-42-31)30(26)29-16-40-36(50-49-29)39-14-27(38)19-3-4-19/h5-6,9-13,15-16,18-19,22,27H,3-4,7-8,14,17,38H2,1-2H3,(H,43,44)(H,45,46)(H,39,40,50). The molecular weight excluding hydrogens is 733 g/mol. The number of benzene rings is 2. The first-order valence-electron chi connectivity index (χ1n) is 18.1. The number of anilines is 2. The average molecular weight is 769 g/mol. The highest BCUT2D eigenvalue weighted by molar-refractivity contribution is 7.22. The smallest absolute Gasteiger partial charge is 0.245 e.